The molecule has 35 heavy (non-hydrogen) atoms. The predicted molar refractivity (Wildman–Crippen MR) is 144 cm³/mol. The summed E-state index contributed by atoms with van der Waals surface area (Å²) in [7, 11) is 0. The number of carbonyl (C=O) groups excluding carboxylic acids is 2. The summed E-state index contributed by atoms with van der Waals surface area (Å²) in [5.74, 6) is -0.131. The number of aryl methyl sites for hydroxylation is 1. The SMILES string of the molecule is CC(=O)CCNC(=O)c1ccc(C(C)n2nc(-c3cc(Cl)cc(Cl)c3)cc2-c2ccc(C)cc2)s1. The number of halogens is 2. The zero-order valence-electron chi connectivity index (χ0n) is 19.6. The Balaban J connectivity index is 1.69. The van der Waals surface area contributed by atoms with Crippen molar-refractivity contribution in [3.05, 3.63) is 86.0 Å². The summed E-state index contributed by atoms with van der Waals surface area (Å²) in [6.07, 6.45) is 0.323. The molecule has 5 nitrogen and oxygen atoms in total. The highest BCUT2D eigenvalue weighted by Gasteiger charge is 2.20. The van der Waals surface area contributed by atoms with Gasteiger partial charge < -0.3 is 5.32 Å². The number of aromatic nitrogens is 2. The third-order valence-corrected chi connectivity index (χ3v) is 7.32. The number of Topliss-reactive ketones (excluding diaryl/α,β-unsaturated/α-hetero) is 1. The van der Waals surface area contributed by atoms with Crippen molar-refractivity contribution < 1.29 is 9.59 Å². The third kappa shape index (κ3) is 6.01. The van der Waals surface area contributed by atoms with Crippen LogP contribution >= 0.6 is 34.5 Å². The number of nitrogens with zero attached hydrogens (tertiary/aromatic N) is 2. The lowest BCUT2D eigenvalue weighted by Crippen LogP contribution is -2.24. The number of thiophene rings is 1. The molecule has 0 saturated heterocycles. The molecule has 0 aliphatic carbocycles. The van der Waals surface area contributed by atoms with Crippen molar-refractivity contribution in [3.8, 4) is 22.5 Å². The maximum Gasteiger partial charge on any atom is 0.261 e. The number of amides is 1. The van der Waals surface area contributed by atoms with E-state index in [1.165, 1.54) is 23.8 Å². The molecule has 1 unspecified atom stereocenters. The van der Waals surface area contributed by atoms with Gasteiger partial charge in [0.1, 0.15) is 5.78 Å². The standard InChI is InChI=1S/C27H25Cl2N3O2S/c1-16-4-6-19(7-5-16)24-15-23(20-12-21(28)14-22(29)13-20)31-32(24)18(3)25-8-9-26(35-25)27(34)30-11-10-17(2)33/h4-9,12-15,18H,10-11H2,1-3H3,(H,30,34). The zero-order chi connectivity index (χ0) is 25.1. The number of nitrogens with one attached hydrogen (secondary N) is 1. The first kappa shape index (κ1) is 25.2. The van der Waals surface area contributed by atoms with Gasteiger partial charge in [-0.25, -0.2) is 0 Å². The molecule has 2 aromatic carbocycles. The van der Waals surface area contributed by atoms with Crippen LogP contribution in [0.25, 0.3) is 22.5 Å². The van der Waals surface area contributed by atoms with Gasteiger partial charge in [-0.1, -0.05) is 53.0 Å². The van der Waals surface area contributed by atoms with E-state index in [1.807, 2.05) is 35.0 Å². The topological polar surface area (TPSA) is 64.0 Å². The van der Waals surface area contributed by atoms with Crippen molar-refractivity contribution in [2.75, 3.05) is 6.54 Å². The maximum absolute atomic E-state index is 12.5. The number of hydrogen-bond donors (Lipinski definition) is 1. The van der Waals surface area contributed by atoms with Crippen molar-refractivity contribution in [2.24, 2.45) is 0 Å². The fourth-order valence-corrected chi connectivity index (χ4v) is 5.22. The van der Waals surface area contributed by atoms with E-state index in [1.54, 1.807) is 6.07 Å². The van der Waals surface area contributed by atoms with Crippen LogP contribution < -0.4 is 5.32 Å². The minimum Gasteiger partial charge on any atom is -0.351 e. The van der Waals surface area contributed by atoms with Crippen LogP contribution in [0.3, 0.4) is 0 Å². The van der Waals surface area contributed by atoms with Crippen molar-refractivity contribution in [1.29, 1.82) is 0 Å². The Hall–Kier alpha value is -2.93. The molecule has 180 valence electrons. The minimum absolute atomic E-state index is 0.0462. The fraction of sp³-hybridized carbons (Fsp3) is 0.222. The maximum atomic E-state index is 12.5. The van der Waals surface area contributed by atoms with Crippen LogP contribution in [0.15, 0.2) is 60.7 Å². The summed E-state index contributed by atoms with van der Waals surface area (Å²) in [4.78, 5) is 25.3. The molecule has 4 aromatic rings. The van der Waals surface area contributed by atoms with Crippen molar-refractivity contribution in [3.63, 3.8) is 0 Å². The molecular formula is C27H25Cl2N3O2S. The van der Waals surface area contributed by atoms with Gasteiger partial charge in [-0.2, -0.15) is 5.10 Å². The van der Waals surface area contributed by atoms with Gasteiger partial charge in [-0.15, -0.1) is 11.3 Å². The molecule has 0 radical (unpaired) electrons. The van der Waals surface area contributed by atoms with Crippen molar-refractivity contribution in [1.82, 2.24) is 15.1 Å². The average molecular weight is 526 g/mol. The molecule has 2 heterocycles. The molecule has 8 heteroatoms. The molecule has 1 N–H and O–H groups in total. The highest BCUT2D eigenvalue weighted by Crippen LogP contribution is 2.35. The number of ketones is 1. The molecule has 0 bridgehead atoms. The van der Waals surface area contributed by atoms with Gasteiger partial charge in [-0.3, -0.25) is 14.3 Å². The fourth-order valence-electron chi connectivity index (χ4n) is 3.73. The van der Waals surface area contributed by atoms with Crippen LogP contribution in [0, 0.1) is 6.92 Å². The lowest BCUT2D eigenvalue weighted by molar-refractivity contribution is -0.116. The van der Waals surface area contributed by atoms with E-state index in [-0.39, 0.29) is 17.7 Å². The van der Waals surface area contributed by atoms with Crippen LogP contribution in [0.2, 0.25) is 10.0 Å². The molecule has 0 saturated carbocycles. The largest absolute Gasteiger partial charge is 0.351 e. The summed E-state index contributed by atoms with van der Waals surface area (Å²) in [6, 6.07) is 19.4. The van der Waals surface area contributed by atoms with Gasteiger partial charge in [0.15, 0.2) is 0 Å². The van der Waals surface area contributed by atoms with Gasteiger partial charge in [0.2, 0.25) is 0 Å². The first-order valence-electron chi connectivity index (χ1n) is 11.2. The van der Waals surface area contributed by atoms with E-state index < -0.39 is 0 Å². The third-order valence-electron chi connectivity index (χ3n) is 5.63. The van der Waals surface area contributed by atoms with Gasteiger partial charge in [0.25, 0.3) is 5.91 Å². The summed E-state index contributed by atoms with van der Waals surface area (Å²) >= 11 is 13.9. The Labute approximate surface area is 218 Å². The Morgan fingerprint density at radius 3 is 2.34 bits per heavy atom. The summed E-state index contributed by atoms with van der Waals surface area (Å²) in [6.45, 7) is 5.96. The molecule has 0 fully saturated rings. The van der Waals surface area contributed by atoms with Crippen LogP contribution in [0.4, 0.5) is 0 Å². The predicted octanol–water partition coefficient (Wildman–Crippen LogP) is 7.21. The first-order chi connectivity index (χ1) is 16.7. The van der Waals surface area contributed by atoms with E-state index in [9.17, 15) is 9.59 Å². The second kappa shape index (κ2) is 10.8. The summed E-state index contributed by atoms with van der Waals surface area (Å²) in [5.41, 5.74) is 4.75. The van der Waals surface area contributed by atoms with Crippen LogP contribution in [0.1, 0.15) is 46.4 Å². The first-order valence-corrected chi connectivity index (χ1v) is 12.8. The number of hydrogen-bond acceptors (Lipinski definition) is 4. The Bertz CT molecular complexity index is 1360. The quantitative estimate of drug-likeness (QED) is 0.264. The molecule has 0 spiro atoms. The smallest absolute Gasteiger partial charge is 0.261 e. The monoisotopic (exact) mass is 525 g/mol. The van der Waals surface area contributed by atoms with E-state index in [4.69, 9.17) is 28.3 Å². The second-order valence-electron chi connectivity index (χ2n) is 8.47. The number of rotatable bonds is 8. The van der Waals surface area contributed by atoms with Gasteiger partial charge in [0.05, 0.1) is 22.3 Å². The van der Waals surface area contributed by atoms with Crippen molar-refractivity contribution >= 4 is 46.2 Å². The molecule has 2 aromatic heterocycles. The summed E-state index contributed by atoms with van der Waals surface area (Å²) in [5, 5.41) is 8.83. The van der Waals surface area contributed by atoms with Gasteiger partial charge in [-0.05, 0) is 62.7 Å². The normalized spacial score (nSPS) is 11.9. The van der Waals surface area contributed by atoms with Gasteiger partial charge in [0, 0.05) is 33.5 Å². The van der Waals surface area contributed by atoms with Crippen LogP contribution in [0.5, 0.6) is 0 Å². The van der Waals surface area contributed by atoms with E-state index >= 15 is 0 Å². The Morgan fingerprint density at radius 2 is 1.69 bits per heavy atom. The highest BCUT2D eigenvalue weighted by molar-refractivity contribution is 7.14. The molecule has 0 aliphatic rings. The van der Waals surface area contributed by atoms with E-state index in [2.05, 4.69) is 43.4 Å². The molecule has 4 rings (SSSR count). The lowest BCUT2D eigenvalue weighted by Gasteiger charge is -2.15. The zero-order valence-corrected chi connectivity index (χ0v) is 22.0. The molecule has 0 aliphatic heterocycles. The van der Waals surface area contributed by atoms with Crippen molar-refractivity contribution in [2.45, 2.75) is 33.2 Å². The molecule has 1 atom stereocenters. The second-order valence-corrected chi connectivity index (χ2v) is 10.5. The Kier molecular flexibility index (Phi) is 7.75. The van der Waals surface area contributed by atoms with Gasteiger partial charge >= 0.3 is 0 Å². The lowest BCUT2D eigenvalue weighted by atomic mass is 10.1. The van der Waals surface area contributed by atoms with E-state index in [0.717, 1.165) is 27.4 Å². The average Bonchev–Trinajstić information content (AvgIpc) is 3.46. The number of carbonyl (C=O) groups is 2. The van der Waals surface area contributed by atoms with Crippen LogP contribution in [-0.2, 0) is 4.79 Å². The molecule has 1 amide bonds. The Morgan fingerprint density at radius 1 is 1.00 bits per heavy atom. The summed E-state index contributed by atoms with van der Waals surface area (Å²) < 4.78 is 1.97. The highest BCUT2D eigenvalue weighted by atomic mass is 35.5. The number of benzene rings is 2. The van der Waals surface area contributed by atoms with E-state index in [0.29, 0.717) is 27.9 Å². The van der Waals surface area contributed by atoms with Crippen LogP contribution in [-0.4, -0.2) is 28.0 Å². The molecular weight excluding hydrogens is 501 g/mol. The minimum atomic E-state index is -0.178.